The van der Waals surface area contributed by atoms with Crippen molar-refractivity contribution in [1.29, 1.82) is 0 Å². The predicted octanol–water partition coefficient (Wildman–Crippen LogP) is 2.38. The minimum absolute atomic E-state index is 0.164. The molecule has 0 spiro atoms. The van der Waals surface area contributed by atoms with Crippen molar-refractivity contribution in [2.45, 2.75) is 6.10 Å². The fourth-order valence-electron chi connectivity index (χ4n) is 1.02. The van der Waals surface area contributed by atoms with E-state index in [0.717, 1.165) is 4.60 Å². The van der Waals surface area contributed by atoms with E-state index in [2.05, 4.69) is 25.9 Å². The molecular weight excluding hydrogens is 232 g/mol. The molecule has 1 aromatic rings. The molecule has 66 valence electrons. The summed E-state index contributed by atoms with van der Waals surface area (Å²) in [6.07, 6.45) is 8.81. The van der Waals surface area contributed by atoms with E-state index in [1.165, 1.54) is 0 Å². The van der Waals surface area contributed by atoms with Crippen molar-refractivity contribution in [3.8, 4) is 0 Å². The fourth-order valence-corrected chi connectivity index (χ4v) is 1.32. The van der Waals surface area contributed by atoms with E-state index in [1.54, 1.807) is 18.5 Å². The first kappa shape index (κ1) is 8.44. The van der Waals surface area contributed by atoms with Crippen LogP contribution in [0.1, 0.15) is 11.9 Å². The molecule has 1 aliphatic rings. The van der Waals surface area contributed by atoms with Crippen LogP contribution in [0.25, 0.3) is 0 Å². The van der Waals surface area contributed by atoms with Crippen LogP contribution < -0.4 is 0 Å². The van der Waals surface area contributed by atoms with E-state index in [4.69, 9.17) is 4.74 Å². The molecule has 13 heavy (non-hydrogen) atoms. The third kappa shape index (κ3) is 1.95. The van der Waals surface area contributed by atoms with E-state index in [9.17, 15) is 0 Å². The molecule has 2 rings (SSSR count). The molecule has 4 heteroatoms. The molecule has 0 aromatic carbocycles. The molecule has 0 amide bonds. The SMILES string of the molecule is Brc1ccnc(C2C=CC=CO2)n1. The van der Waals surface area contributed by atoms with Crippen molar-refractivity contribution in [2.24, 2.45) is 0 Å². The van der Waals surface area contributed by atoms with Gasteiger partial charge in [0, 0.05) is 6.20 Å². The van der Waals surface area contributed by atoms with Crippen molar-refractivity contribution in [1.82, 2.24) is 9.97 Å². The minimum Gasteiger partial charge on any atom is -0.486 e. The molecule has 2 heterocycles. The molecule has 1 unspecified atom stereocenters. The van der Waals surface area contributed by atoms with Gasteiger partial charge in [-0.05, 0) is 34.1 Å². The first-order valence-electron chi connectivity index (χ1n) is 3.83. The lowest BCUT2D eigenvalue weighted by atomic mass is 10.2. The third-order valence-electron chi connectivity index (χ3n) is 1.60. The average Bonchev–Trinajstić information content (AvgIpc) is 2.19. The van der Waals surface area contributed by atoms with Crippen LogP contribution in [0.5, 0.6) is 0 Å². The normalized spacial score (nSPS) is 19.9. The molecule has 0 bridgehead atoms. The number of halogens is 1. The number of aromatic nitrogens is 2. The second-order valence-corrected chi connectivity index (χ2v) is 3.32. The summed E-state index contributed by atoms with van der Waals surface area (Å²) in [5.74, 6) is 0.662. The Labute approximate surface area is 84.3 Å². The molecule has 0 saturated heterocycles. The maximum Gasteiger partial charge on any atom is 0.176 e. The van der Waals surface area contributed by atoms with Crippen molar-refractivity contribution in [2.75, 3.05) is 0 Å². The van der Waals surface area contributed by atoms with Crippen LogP contribution in [0.15, 0.2) is 41.4 Å². The van der Waals surface area contributed by atoms with Gasteiger partial charge in [-0.1, -0.05) is 6.08 Å². The van der Waals surface area contributed by atoms with Crippen LogP contribution >= 0.6 is 15.9 Å². The Kier molecular flexibility index (Phi) is 2.40. The standard InChI is InChI=1S/C9H7BrN2O/c10-8-4-5-11-9(12-8)7-3-1-2-6-13-7/h1-7H. The lowest BCUT2D eigenvalue weighted by Crippen LogP contribution is -2.04. The van der Waals surface area contributed by atoms with Crippen LogP contribution in [-0.4, -0.2) is 9.97 Å². The first-order chi connectivity index (χ1) is 6.36. The van der Waals surface area contributed by atoms with Gasteiger partial charge in [0.05, 0.1) is 6.26 Å². The van der Waals surface area contributed by atoms with E-state index >= 15 is 0 Å². The summed E-state index contributed by atoms with van der Waals surface area (Å²) in [7, 11) is 0. The Balaban J connectivity index is 2.25. The lowest BCUT2D eigenvalue weighted by Gasteiger charge is -2.12. The summed E-state index contributed by atoms with van der Waals surface area (Å²) >= 11 is 3.28. The third-order valence-corrected chi connectivity index (χ3v) is 2.04. The Morgan fingerprint density at radius 3 is 3.00 bits per heavy atom. The smallest absolute Gasteiger partial charge is 0.176 e. The molecule has 0 radical (unpaired) electrons. The fraction of sp³-hybridized carbons (Fsp3) is 0.111. The van der Waals surface area contributed by atoms with Crippen LogP contribution in [0.2, 0.25) is 0 Å². The van der Waals surface area contributed by atoms with Crippen molar-refractivity contribution in [3.63, 3.8) is 0 Å². The second kappa shape index (κ2) is 3.70. The summed E-state index contributed by atoms with van der Waals surface area (Å²) in [6, 6.07) is 1.78. The molecule has 0 fully saturated rings. The number of hydrogen-bond donors (Lipinski definition) is 0. The zero-order valence-corrected chi connectivity index (χ0v) is 8.31. The zero-order chi connectivity index (χ0) is 9.10. The number of allylic oxidation sites excluding steroid dienone is 2. The van der Waals surface area contributed by atoms with Gasteiger partial charge in [0.2, 0.25) is 0 Å². The Bertz CT molecular complexity index is 362. The van der Waals surface area contributed by atoms with Crippen molar-refractivity contribution in [3.05, 3.63) is 47.2 Å². The molecule has 0 aliphatic carbocycles. The van der Waals surface area contributed by atoms with Crippen LogP contribution in [0.3, 0.4) is 0 Å². The van der Waals surface area contributed by atoms with Gasteiger partial charge in [0.15, 0.2) is 11.9 Å². The molecule has 3 nitrogen and oxygen atoms in total. The highest BCUT2D eigenvalue weighted by molar-refractivity contribution is 9.10. The number of ether oxygens (including phenoxy) is 1. The summed E-state index contributed by atoms with van der Waals surface area (Å²) < 4.78 is 6.07. The van der Waals surface area contributed by atoms with Gasteiger partial charge in [-0.25, -0.2) is 9.97 Å². The Hall–Kier alpha value is -1.16. The topological polar surface area (TPSA) is 35.0 Å². The summed E-state index contributed by atoms with van der Waals surface area (Å²) in [5.41, 5.74) is 0. The summed E-state index contributed by atoms with van der Waals surface area (Å²) in [6.45, 7) is 0. The molecule has 1 aromatic heterocycles. The Morgan fingerprint density at radius 2 is 2.31 bits per heavy atom. The van der Waals surface area contributed by atoms with Crippen LogP contribution in [0.4, 0.5) is 0 Å². The maximum atomic E-state index is 5.31. The average molecular weight is 239 g/mol. The highest BCUT2D eigenvalue weighted by Crippen LogP contribution is 2.19. The van der Waals surface area contributed by atoms with Crippen LogP contribution in [-0.2, 0) is 4.74 Å². The van der Waals surface area contributed by atoms with E-state index in [0.29, 0.717) is 5.82 Å². The Morgan fingerprint density at radius 1 is 1.38 bits per heavy atom. The monoisotopic (exact) mass is 238 g/mol. The second-order valence-electron chi connectivity index (χ2n) is 2.51. The maximum absolute atomic E-state index is 5.31. The van der Waals surface area contributed by atoms with E-state index < -0.39 is 0 Å². The molecular formula is C9H7BrN2O. The molecule has 0 saturated carbocycles. The van der Waals surface area contributed by atoms with Gasteiger partial charge >= 0.3 is 0 Å². The number of nitrogens with zero attached hydrogens (tertiary/aromatic N) is 2. The molecule has 1 aliphatic heterocycles. The lowest BCUT2D eigenvalue weighted by molar-refractivity contribution is 0.177. The van der Waals surface area contributed by atoms with Gasteiger partial charge < -0.3 is 4.74 Å². The van der Waals surface area contributed by atoms with E-state index in [-0.39, 0.29) is 6.10 Å². The zero-order valence-electron chi connectivity index (χ0n) is 6.72. The number of hydrogen-bond acceptors (Lipinski definition) is 3. The minimum atomic E-state index is -0.164. The summed E-state index contributed by atoms with van der Waals surface area (Å²) in [4.78, 5) is 8.30. The molecule has 1 atom stereocenters. The first-order valence-corrected chi connectivity index (χ1v) is 4.63. The van der Waals surface area contributed by atoms with Gasteiger partial charge in [-0.2, -0.15) is 0 Å². The molecule has 0 N–H and O–H groups in total. The summed E-state index contributed by atoms with van der Waals surface area (Å²) in [5, 5.41) is 0. The highest BCUT2D eigenvalue weighted by Gasteiger charge is 2.12. The van der Waals surface area contributed by atoms with Crippen molar-refractivity contribution < 1.29 is 4.74 Å². The number of rotatable bonds is 1. The van der Waals surface area contributed by atoms with Gasteiger partial charge in [-0.15, -0.1) is 0 Å². The van der Waals surface area contributed by atoms with Gasteiger partial charge in [0.25, 0.3) is 0 Å². The largest absolute Gasteiger partial charge is 0.486 e. The van der Waals surface area contributed by atoms with Gasteiger partial charge in [-0.3, -0.25) is 0 Å². The highest BCUT2D eigenvalue weighted by atomic mass is 79.9. The predicted molar refractivity (Wildman–Crippen MR) is 51.8 cm³/mol. The van der Waals surface area contributed by atoms with E-state index in [1.807, 2.05) is 18.2 Å². The quantitative estimate of drug-likeness (QED) is 0.705. The van der Waals surface area contributed by atoms with Crippen molar-refractivity contribution >= 4 is 15.9 Å². The van der Waals surface area contributed by atoms with Crippen LogP contribution in [0, 0.1) is 0 Å². The van der Waals surface area contributed by atoms with Gasteiger partial charge in [0.1, 0.15) is 4.60 Å².